The molecule has 4 aromatic rings. The smallest absolute Gasteiger partial charge is 0.274 e. The summed E-state index contributed by atoms with van der Waals surface area (Å²) in [7, 11) is 0. The Kier molecular flexibility index (Phi) is 6.99. The second-order valence-corrected chi connectivity index (χ2v) is 9.06. The molecule has 0 bridgehead atoms. The summed E-state index contributed by atoms with van der Waals surface area (Å²) in [5.41, 5.74) is 3.28. The number of morpholine rings is 1. The minimum atomic E-state index is -0.270. The third-order valence-electron chi connectivity index (χ3n) is 5.61. The zero-order chi connectivity index (χ0) is 24.0. The summed E-state index contributed by atoms with van der Waals surface area (Å²) < 4.78 is 6.97. The molecule has 178 valence electrons. The van der Waals surface area contributed by atoms with Crippen molar-refractivity contribution >= 4 is 34.5 Å². The molecule has 35 heavy (non-hydrogen) atoms. The number of anilines is 2. The molecule has 0 saturated carbocycles. The average molecular weight is 488 g/mol. The first kappa shape index (κ1) is 23.0. The minimum absolute atomic E-state index is 0.0726. The number of para-hydroxylation sites is 1. The molecule has 0 atom stereocenters. The number of benzene rings is 2. The molecule has 1 saturated heterocycles. The molecule has 2 aromatic heterocycles. The molecule has 2 N–H and O–H groups in total. The Morgan fingerprint density at radius 1 is 0.914 bits per heavy atom. The summed E-state index contributed by atoms with van der Waals surface area (Å²) in [6, 6.07) is 22.4. The highest BCUT2D eigenvalue weighted by Crippen LogP contribution is 2.26. The Bertz CT molecular complexity index is 1280. The molecule has 2 amide bonds. The molecule has 1 aliphatic heterocycles. The normalized spacial score (nSPS) is 13.9. The van der Waals surface area contributed by atoms with E-state index in [9.17, 15) is 9.59 Å². The van der Waals surface area contributed by atoms with Crippen LogP contribution >= 0.6 is 11.3 Å². The van der Waals surface area contributed by atoms with E-state index in [1.54, 1.807) is 46.4 Å². The lowest BCUT2D eigenvalue weighted by molar-refractivity contribution is -0.118. The summed E-state index contributed by atoms with van der Waals surface area (Å²) in [5.74, 6) is -0.343. The molecule has 0 spiro atoms. The van der Waals surface area contributed by atoms with Crippen LogP contribution in [-0.4, -0.2) is 59.3 Å². The van der Waals surface area contributed by atoms with E-state index in [4.69, 9.17) is 4.74 Å². The highest BCUT2D eigenvalue weighted by Gasteiger charge is 2.19. The lowest BCUT2D eigenvalue weighted by Gasteiger charge is -2.25. The van der Waals surface area contributed by atoms with E-state index in [-0.39, 0.29) is 11.8 Å². The number of carbonyl (C=O) groups excluding carboxylic acids is 2. The first-order valence-corrected chi connectivity index (χ1v) is 12.2. The van der Waals surface area contributed by atoms with Crippen LogP contribution in [0.5, 0.6) is 0 Å². The standard InChI is InChI=1S/C26H25N5O3S/c32-25(18-30-12-14-34-15-13-30)27-19-8-10-20(11-9-19)28-26(33)23-17-22(24-7-4-16-35-24)29-31(23)21-5-2-1-3-6-21/h1-11,16-17H,12-15,18H2,(H,27,32)(H,28,33). The van der Waals surface area contributed by atoms with Crippen LogP contribution in [0.3, 0.4) is 0 Å². The molecule has 0 aliphatic carbocycles. The van der Waals surface area contributed by atoms with E-state index < -0.39 is 0 Å². The van der Waals surface area contributed by atoms with Crippen LogP contribution in [0.2, 0.25) is 0 Å². The van der Waals surface area contributed by atoms with Crippen molar-refractivity contribution in [2.75, 3.05) is 43.5 Å². The van der Waals surface area contributed by atoms with Crippen LogP contribution in [0.25, 0.3) is 16.3 Å². The quantitative estimate of drug-likeness (QED) is 0.409. The second kappa shape index (κ2) is 10.6. The van der Waals surface area contributed by atoms with Crippen molar-refractivity contribution in [1.29, 1.82) is 0 Å². The molecule has 5 rings (SSSR count). The maximum atomic E-state index is 13.2. The average Bonchev–Trinajstić information content (AvgIpc) is 3.57. The molecule has 1 aliphatic rings. The lowest BCUT2D eigenvalue weighted by Crippen LogP contribution is -2.41. The Morgan fingerprint density at radius 3 is 2.31 bits per heavy atom. The zero-order valence-corrected chi connectivity index (χ0v) is 19.8. The van der Waals surface area contributed by atoms with Gasteiger partial charge in [0.25, 0.3) is 5.91 Å². The third kappa shape index (κ3) is 5.65. The van der Waals surface area contributed by atoms with Crippen molar-refractivity contribution in [3.63, 3.8) is 0 Å². The molecule has 8 nitrogen and oxygen atoms in total. The third-order valence-corrected chi connectivity index (χ3v) is 6.51. The predicted octanol–water partition coefficient (Wildman–Crippen LogP) is 4.12. The molecule has 9 heteroatoms. The van der Waals surface area contributed by atoms with Crippen LogP contribution in [0.4, 0.5) is 11.4 Å². The van der Waals surface area contributed by atoms with Crippen LogP contribution in [0.15, 0.2) is 78.2 Å². The summed E-state index contributed by atoms with van der Waals surface area (Å²) in [6.07, 6.45) is 0. The van der Waals surface area contributed by atoms with Crippen molar-refractivity contribution < 1.29 is 14.3 Å². The topological polar surface area (TPSA) is 88.5 Å². The summed E-state index contributed by atoms with van der Waals surface area (Å²) in [6.45, 7) is 3.15. The number of rotatable bonds is 7. The Labute approximate surface area is 207 Å². The van der Waals surface area contributed by atoms with Gasteiger partial charge in [0.05, 0.1) is 30.3 Å². The Hall–Kier alpha value is -3.79. The molecule has 0 radical (unpaired) electrons. The van der Waals surface area contributed by atoms with Gasteiger partial charge in [0.1, 0.15) is 11.4 Å². The van der Waals surface area contributed by atoms with Crippen molar-refractivity contribution in [1.82, 2.24) is 14.7 Å². The first-order chi connectivity index (χ1) is 17.2. The van der Waals surface area contributed by atoms with Gasteiger partial charge in [-0.2, -0.15) is 5.10 Å². The number of nitrogens with zero attached hydrogens (tertiary/aromatic N) is 3. The van der Waals surface area contributed by atoms with E-state index in [0.29, 0.717) is 36.8 Å². The van der Waals surface area contributed by atoms with Crippen molar-refractivity contribution in [2.45, 2.75) is 0 Å². The molecule has 2 aromatic carbocycles. The van der Waals surface area contributed by atoms with Gasteiger partial charge in [-0.15, -0.1) is 11.3 Å². The molecule has 3 heterocycles. The summed E-state index contributed by atoms with van der Waals surface area (Å²) >= 11 is 1.57. The number of thiophene rings is 1. The minimum Gasteiger partial charge on any atom is -0.379 e. The molecule has 1 fully saturated rings. The van der Waals surface area contributed by atoms with Gasteiger partial charge in [-0.25, -0.2) is 4.68 Å². The number of ether oxygens (including phenoxy) is 1. The molecular formula is C26H25N5O3S. The van der Waals surface area contributed by atoms with Gasteiger partial charge >= 0.3 is 0 Å². The number of amides is 2. The van der Waals surface area contributed by atoms with E-state index in [1.165, 1.54) is 0 Å². The summed E-state index contributed by atoms with van der Waals surface area (Å²) in [5, 5.41) is 12.5. The first-order valence-electron chi connectivity index (χ1n) is 11.4. The van der Waals surface area contributed by atoms with Crippen LogP contribution in [-0.2, 0) is 9.53 Å². The van der Waals surface area contributed by atoms with Crippen LogP contribution < -0.4 is 10.6 Å². The van der Waals surface area contributed by atoms with Gasteiger partial charge in [0.2, 0.25) is 5.91 Å². The second-order valence-electron chi connectivity index (χ2n) is 8.11. The van der Waals surface area contributed by atoms with E-state index in [1.807, 2.05) is 47.8 Å². The molecule has 0 unspecified atom stereocenters. The van der Waals surface area contributed by atoms with Gasteiger partial charge in [-0.1, -0.05) is 24.3 Å². The van der Waals surface area contributed by atoms with Gasteiger partial charge < -0.3 is 15.4 Å². The zero-order valence-electron chi connectivity index (χ0n) is 19.0. The molecular weight excluding hydrogens is 462 g/mol. The SMILES string of the molecule is O=C(CN1CCOCC1)Nc1ccc(NC(=O)c2cc(-c3cccs3)nn2-c2ccccc2)cc1. The Morgan fingerprint density at radius 2 is 1.63 bits per heavy atom. The highest BCUT2D eigenvalue weighted by atomic mass is 32.1. The monoisotopic (exact) mass is 487 g/mol. The van der Waals surface area contributed by atoms with Crippen molar-refractivity contribution in [2.24, 2.45) is 0 Å². The number of hydrogen-bond donors (Lipinski definition) is 2. The van der Waals surface area contributed by atoms with Gasteiger partial charge in [-0.05, 0) is 53.9 Å². The number of hydrogen-bond acceptors (Lipinski definition) is 6. The van der Waals surface area contributed by atoms with E-state index >= 15 is 0 Å². The maximum absolute atomic E-state index is 13.2. The Balaban J connectivity index is 1.28. The van der Waals surface area contributed by atoms with Gasteiger partial charge in [0, 0.05) is 24.5 Å². The largest absolute Gasteiger partial charge is 0.379 e. The number of aromatic nitrogens is 2. The van der Waals surface area contributed by atoms with Crippen molar-refractivity contribution in [3.8, 4) is 16.3 Å². The number of nitrogens with one attached hydrogen (secondary N) is 2. The van der Waals surface area contributed by atoms with E-state index in [0.717, 1.165) is 29.3 Å². The van der Waals surface area contributed by atoms with Gasteiger partial charge in [-0.3, -0.25) is 14.5 Å². The maximum Gasteiger partial charge on any atom is 0.274 e. The predicted molar refractivity (Wildman–Crippen MR) is 137 cm³/mol. The van der Waals surface area contributed by atoms with Crippen LogP contribution in [0.1, 0.15) is 10.5 Å². The summed E-state index contributed by atoms with van der Waals surface area (Å²) in [4.78, 5) is 28.6. The fourth-order valence-corrected chi connectivity index (χ4v) is 4.53. The lowest BCUT2D eigenvalue weighted by atomic mass is 10.2. The van der Waals surface area contributed by atoms with Crippen molar-refractivity contribution in [3.05, 3.63) is 83.9 Å². The number of carbonyl (C=O) groups is 2. The van der Waals surface area contributed by atoms with Gasteiger partial charge in [0.15, 0.2) is 0 Å². The fraction of sp³-hybridized carbons (Fsp3) is 0.192. The van der Waals surface area contributed by atoms with Crippen LogP contribution in [0, 0.1) is 0 Å². The fourth-order valence-electron chi connectivity index (χ4n) is 3.85. The highest BCUT2D eigenvalue weighted by molar-refractivity contribution is 7.13. The van der Waals surface area contributed by atoms with E-state index in [2.05, 4.69) is 20.6 Å².